The molecule has 1 aliphatic carbocycles. The number of nitrogens with zero attached hydrogens (tertiary/aromatic N) is 2. The standard InChI is InChI=1S/C10H7BrN2O4S/c11-5-1-2-6-7(3-5)9(18(15,16)17)4-8(14)10(6)13-12/h1-4,9,14H,(H,15,16,17). The molecule has 8 heteroatoms. The van der Waals surface area contributed by atoms with E-state index in [0.717, 1.165) is 6.08 Å². The van der Waals surface area contributed by atoms with Crippen molar-refractivity contribution in [1.29, 1.82) is 0 Å². The Labute approximate surface area is 111 Å². The minimum Gasteiger partial charge on any atom is -0.502 e. The molecule has 18 heavy (non-hydrogen) atoms. The van der Waals surface area contributed by atoms with E-state index in [-0.39, 0.29) is 16.8 Å². The molecular formula is C10H7BrN2O4S. The summed E-state index contributed by atoms with van der Waals surface area (Å²) in [6.07, 6.45) is 0.916. The molecule has 0 fully saturated rings. The highest BCUT2D eigenvalue weighted by atomic mass is 79.9. The van der Waals surface area contributed by atoms with Crippen molar-refractivity contribution >= 4 is 31.8 Å². The Hall–Kier alpha value is -1.47. The van der Waals surface area contributed by atoms with Gasteiger partial charge in [-0.05, 0) is 29.8 Å². The first-order valence-corrected chi connectivity index (χ1v) is 7.03. The summed E-state index contributed by atoms with van der Waals surface area (Å²) < 4.78 is 32.3. The average molecular weight is 331 g/mol. The zero-order chi connectivity index (χ0) is 13.5. The molecule has 2 N–H and O–H groups in total. The molecule has 1 unspecified atom stereocenters. The van der Waals surface area contributed by atoms with Gasteiger partial charge in [0.25, 0.3) is 10.1 Å². The third kappa shape index (κ3) is 2.11. The maximum atomic E-state index is 11.3. The van der Waals surface area contributed by atoms with Crippen molar-refractivity contribution in [1.82, 2.24) is 0 Å². The van der Waals surface area contributed by atoms with E-state index < -0.39 is 21.1 Å². The van der Waals surface area contributed by atoms with Crippen LogP contribution in [0.2, 0.25) is 0 Å². The number of rotatable bonds is 1. The number of hydrogen-bond acceptors (Lipinski definition) is 3. The quantitative estimate of drug-likeness (QED) is 0.465. The number of allylic oxidation sites excluding steroid dienone is 1. The maximum Gasteiger partial charge on any atom is 0.363 e. The Morgan fingerprint density at radius 2 is 2.06 bits per heavy atom. The first-order chi connectivity index (χ1) is 8.34. The van der Waals surface area contributed by atoms with Crippen LogP contribution in [0.25, 0.3) is 5.53 Å². The van der Waals surface area contributed by atoms with Crippen molar-refractivity contribution in [3.05, 3.63) is 51.2 Å². The third-order valence-corrected chi connectivity index (χ3v) is 4.07. The minimum absolute atomic E-state index is 0.141. The third-order valence-electron chi connectivity index (χ3n) is 2.55. The van der Waals surface area contributed by atoms with Gasteiger partial charge in [0.15, 0.2) is 0 Å². The van der Waals surface area contributed by atoms with Gasteiger partial charge in [-0.1, -0.05) is 15.9 Å². The molecule has 0 aromatic heterocycles. The van der Waals surface area contributed by atoms with Crippen molar-refractivity contribution in [2.24, 2.45) is 0 Å². The summed E-state index contributed by atoms with van der Waals surface area (Å²) in [6.45, 7) is 0. The fourth-order valence-electron chi connectivity index (χ4n) is 1.79. The molecule has 0 saturated heterocycles. The molecule has 0 saturated carbocycles. The summed E-state index contributed by atoms with van der Waals surface area (Å²) in [7, 11) is -4.41. The molecule has 2 rings (SSSR count). The van der Waals surface area contributed by atoms with Crippen LogP contribution in [-0.2, 0) is 10.1 Å². The highest BCUT2D eigenvalue weighted by molar-refractivity contribution is 9.10. The number of hydrogen-bond donors (Lipinski definition) is 2. The minimum atomic E-state index is -4.41. The summed E-state index contributed by atoms with van der Waals surface area (Å²) in [6, 6.07) is 4.56. The van der Waals surface area contributed by atoms with Crippen LogP contribution < -0.4 is 0 Å². The van der Waals surface area contributed by atoms with Crippen molar-refractivity contribution in [3.8, 4) is 0 Å². The van der Waals surface area contributed by atoms with Crippen LogP contribution in [0.15, 0.2) is 34.5 Å². The smallest absolute Gasteiger partial charge is 0.363 e. The molecule has 0 bridgehead atoms. The van der Waals surface area contributed by atoms with Crippen LogP contribution in [0.3, 0.4) is 0 Å². The van der Waals surface area contributed by atoms with E-state index >= 15 is 0 Å². The fraction of sp³-hybridized carbons (Fsp3) is 0.100. The predicted octanol–water partition coefficient (Wildman–Crippen LogP) is 1.85. The number of benzene rings is 1. The first-order valence-electron chi connectivity index (χ1n) is 4.74. The topological polar surface area (TPSA) is 111 Å². The first kappa shape index (κ1) is 13.0. The molecule has 94 valence electrons. The Kier molecular flexibility index (Phi) is 3.12. The molecule has 6 nitrogen and oxygen atoms in total. The number of aliphatic hydroxyl groups is 1. The van der Waals surface area contributed by atoms with Crippen molar-refractivity contribution in [2.75, 3.05) is 0 Å². The zero-order valence-corrected chi connectivity index (χ0v) is 11.2. The van der Waals surface area contributed by atoms with Gasteiger partial charge < -0.3 is 10.6 Å². The lowest BCUT2D eigenvalue weighted by Gasteiger charge is -2.17. The predicted molar refractivity (Wildman–Crippen MR) is 66.9 cm³/mol. The lowest BCUT2D eigenvalue weighted by atomic mass is 9.94. The summed E-state index contributed by atoms with van der Waals surface area (Å²) in [4.78, 5) is 2.92. The molecule has 1 aromatic rings. The molecule has 0 aliphatic heterocycles. The second kappa shape index (κ2) is 4.33. The van der Waals surface area contributed by atoms with Gasteiger partial charge in [0.1, 0.15) is 5.25 Å². The van der Waals surface area contributed by atoms with E-state index in [9.17, 15) is 13.5 Å². The largest absolute Gasteiger partial charge is 0.502 e. The summed E-state index contributed by atoms with van der Waals surface area (Å²) in [5, 5.41) is 8.21. The summed E-state index contributed by atoms with van der Waals surface area (Å²) in [5.74, 6) is -0.505. The van der Waals surface area contributed by atoms with Gasteiger partial charge in [-0.25, -0.2) is 0 Å². The lowest BCUT2D eigenvalue weighted by molar-refractivity contribution is -0.00667. The van der Waals surface area contributed by atoms with E-state index in [1.165, 1.54) is 12.1 Å². The van der Waals surface area contributed by atoms with Gasteiger partial charge in [0.05, 0.1) is 5.56 Å². The molecule has 0 radical (unpaired) electrons. The lowest BCUT2D eigenvalue weighted by Crippen LogP contribution is -2.22. The van der Waals surface area contributed by atoms with E-state index in [1.54, 1.807) is 6.07 Å². The normalized spacial score (nSPS) is 18.9. The van der Waals surface area contributed by atoms with Crippen LogP contribution in [0.5, 0.6) is 0 Å². The van der Waals surface area contributed by atoms with Gasteiger partial charge in [-0.2, -0.15) is 13.2 Å². The number of halogens is 1. The monoisotopic (exact) mass is 330 g/mol. The fourth-order valence-corrected chi connectivity index (χ4v) is 2.98. The van der Waals surface area contributed by atoms with Gasteiger partial charge in [-0.3, -0.25) is 4.55 Å². The van der Waals surface area contributed by atoms with Gasteiger partial charge in [0.2, 0.25) is 5.76 Å². The van der Waals surface area contributed by atoms with Crippen LogP contribution in [-0.4, -0.2) is 28.6 Å². The van der Waals surface area contributed by atoms with Gasteiger partial charge in [0, 0.05) is 4.47 Å². The van der Waals surface area contributed by atoms with E-state index in [4.69, 9.17) is 10.1 Å². The van der Waals surface area contributed by atoms with E-state index in [1.807, 2.05) is 0 Å². The van der Waals surface area contributed by atoms with Crippen LogP contribution in [0.4, 0.5) is 0 Å². The molecule has 0 spiro atoms. The molecule has 0 heterocycles. The highest BCUT2D eigenvalue weighted by Gasteiger charge is 2.36. The highest BCUT2D eigenvalue weighted by Crippen LogP contribution is 2.34. The van der Waals surface area contributed by atoms with Crippen molar-refractivity contribution < 1.29 is 22.9 Å². The zero-order valence-electron chi connectivity index (χ0n) is 8.78. The Morgan fingerprint density at radius 1 is 1.39 bits per heavy atom. The summed E-state index contributed by atoms with van der Waals surface area (Å²) in [5.41, 5.74) is 9.15. The maximum absolute atomic E-state index is 11.3. The second-order valence-electron chi connectivity index (χ2n) is 3.67. The molecule has 1 aromatic carbocycles. The van der Waals surface area contributed by atoms with Crippen LogP contribution in [0, 0.1) is 0 Å². The summed E-state index contributed by atoms with van der Waals surface area (Å²) >= 11 is 3.18. The van der Waals surface area contributed by atoms with Crippen LogP contribution in [0.1, 0.15) is 16.4 Å². The van der Waals surface area contributed by atoms with Crippen molar-refractivity contribution in [3.63, 3.8) is 0 Å². The molecule has 1 aliphatic rings. The molecule has 0 amide bonds. The average Bonchev–Trinajstić information content (AvgIpc) is 2.27. The van der Waals surface area contributed by atoms with Crippen LogP contribution >= 0.6 is 15.9 Å². The number of aliphatic hydroxyl groups excluding tert-OH is 1. The Balaban J connectivity index is 2.81. The second-order valence-corrected chi connectivity index (χ2v) is 6.12. The van der Waals surface area contributed by atoms with E-state index in [2.05, 4.69) is 20.7 Å². The Morgan fingerprint density at radius 3 is 2.61 bits per heavy atom. The van der Waals surface area contributed by atoms with Gasteiger partial charge in [-0.15, -0.1) is 0 Å². The molecular weight excluding hydrogens is 324 g/mol. The van der Waals surface area contributed by atoms with E-state index in [0.29, 0.717) is 4.47 Å². The Bertz CT molecular complexity index is 705. The SMILES string of the molecule is [N-]=[N+]=C1C(O)=CC(S(=O)(=O)O)c2cc(Br)ccc21. The molecule has 1 atom stereocenters. The van der Waals surface area contributed by atoms with Gasteiger partial charge >= 0.3 is 5.71 Å². The number of fused-ring (bicyclic) bond motifs is 1. The van der Waals surface area contributed by atoms with Crippen molar-refractivity contribution in [2.45, 2.75) is 5.25 Å².